The average Bonchev–Trinajstić information content (AvgIpc) is 2.79. The lowest BCUT2D eigenvalue weighted by Crippen LogP contribution is -2.18. The van der Waals surface area contributed by atoms with E-state index in [-0.39, 0.29) is 0 Å². The van der Waals surface area contributed by atoms with Crippen molar-refractivity contribution < 1.29 is 4.79 Å². The molecule has 0 saturated heterocycles. The monoisotopic (exact) mass is 212 g/mol. The van der Waals surface area contributed by atoms with Gasteiger partial charge < -0.3 is 0 Å². The number of rotatable bonds is 4. The molecular formula is C12H20OS. The van der Waals surface area contributed by atoms with Gasteiger partial charge in [0.1, 0.15) is 0 Å². The number of fused-ring (bicyclic) bond motifs is 2. The van der Waals surface area contributed by atoms with E-state index in [1.807, 2.05) is 0 Å². The van der Waals surface area contributed by atoms with E-state index >= 15 is 0 Å². The number of carbonyl (C=O) groups excluding carboxylic acids is 1. The van der Waals surface area contributed by atoms with Gasteiger partial charge in [-0.15, -0.1) is 0 Å². The molecular weight excluding hydrogens is 192 g/mol. The summed E-state index contributed by atoms with van der Waals surface area (Å²) >= 11 is 1.60. The molecule has 0 radical (unpaired) electrons. The van der Waals surface area contributed by atoms with Gasteiger partial charge in [-0.3, -0.25) is 4.79 Å². The summed E-state index contributed by atoms with van der Waals surface area (Å²) in [6.07, 6.45) is 7.69. The minimum atomic E-state index is 0.440. The fourth-order valence-electron chi connectivity index (χ4n) is 2.96. The lowest BCUT2D eigenvalue weighted by atomic mass is 9.90. The van der Waals surface area contributed by atoms with E-state index in [4.69, 9.17) is 0 Å². The molecule has 0 spiro atoms. The van der Waals surface area contributed by atoms with Crippen LogP contribution in [0.3, 0.4) is 0 Å². The highest BCUT2D eigenvalue weighted by Gasteiger charge is 2.42. The summed E-state index contributed by atoms with van der Waals surface area (Å²) in [4.78, 5) is 11.9. The van der Waals surface area contributed by atoms with Crippen molar-refractivity contribution in [3.63, 3.8) is 0 Å². The first-order valence-electron chi connectivity index (χ1n) is 5.98. The van der Waals surface area contributed by atoms with Crippen molar-refractivity contribution in [2.75, 3.05) is 5.75 Å². The highest BCUT2D eigenvalue weighted by Crippen LogP contribution is 2.49. The number of hydrogen-bond acceptors (Lipinski definition) is 2. The molecule has 0 heterocycles. The maximum atomic E-state index is 11.9. The van der Waals surface area contributed by atoms with Crippen molar-refractivity contribution >= 4 is 16.9 Å². The summed E-state index contributed by atoms with van der Waals surface area (Å²) in [5.74, 6) is 3.15. The minimum absolute atomic E-state index is 0.440. The molecule has 2 aliphatic rings. The number of hydrogen-bond donors (Lipinski definition) is 0. The molecule has 2 heteroatoms. The first-order valence-corrected chi connectivity index (χ1v) is 6.96. The summed E-state index contributed by atoms with van der Waals surface area (Å²) < 4.78 is 0. The second-order valence-electron chi connectivity index (χ2n) is 4.80. The van der Waals surface area contributed by atoms with Gasteiger partial charge >= 0.3 is 0 Å². The van der Waals surface area contributed by atoms with E-state index in [0.717, 1.165) is 17.6 Å². The second-order valence-corrected chi connectivity index (χ2v) is 5.90. The lowest BCUT2D eigenvalue weighted by Gasteiger charge is -2.19. The molecule has 0 amide bonds. The molecule has 2 rings (SSSR count). The summed E-state index contributed by atoms with van der Waals surface area (Å²) in [6.45, 7) is 2.18. The van der Waals surface area contributed by atoms with Crippen LogP contribution in [0.5, 0.6) is 0 Å². The molecule has 3 atom stereocenters. The maximum Gasteiger partial charge on any atom is 0.192 e. The van der Waals surface area contributed by atoms with Gasteiger partial charge in [-0.2, -0.15) is 0 Å². The number of thioether (sulfide) groups is 1. The van der Waals surface area contributed by atoms with Crippen molar-refractivity contribution in [1.82, 2.24) is 0 Å². The van der Waals surface area contributed by atoms with Gasteiger partial charge in [0.05, 0.1) is 0 Å². The van der Waals surface area contributed by atoms with Gasteiger partial charge in [-0.05, 0) is 37.5 Å². The molecule has 2 fully saturated rings. The molecule has 3 unspecified atom stereocenters. The minimum Gasteiger partial charge on any atom is -0.287 e. The van der Waals surface area contributed by atoms with Crippen LogP contribution in [0.4, 0.5) is 0 Å². The smallest absolute Gasteiger partial charge is 0.192 e. The van der Waals surface area contributed by atoms with Crippen molar-refractivity contribution in [2.45, 2.75) is 45.4 Å². The Morgan fingerprint density at radius 2 is 2.21 bits per heavy atom. The van der Waals surface area contributed by atoms with E-state index in [0.29, 0.717) is 11.0 Å². The molecule has 14 heavy (non-hydrogen) atoms. The van der Waals surface area contributed by atoms with E-state index in [9.17, 15) is 4.79 Å². The van der Waals surface area contributed by atoms with Crippen molar-refractivity contribution in [3.8, 4) is 0 Å². The van der Waals surface area contributed by atoms with Gasteiger partial charge in [0, 0.05) is 11.7 Å². The Hall–Kier alpha value is 0.0200. The van der Waals surface area contributed by atoms with E-state index < -0.39 is 0 Å². The topological polar surface area (TPSA) is 17.1 Å². The third kappa shape index (κ3) is 2.16. The first-order chi connectivity index (χ1) is 6.81. The van der Waals surface area contributed by atoms with Crippen molar-refractivity contribution in [1.29, 1.82) is 0 Å². The van der Waals surface area contributed by atoms with Crippen LogP contribution < -0.4 is 0 Å². The van der Waals surface area contributed by atoms with Crippen LogP contribution in [0.1, 0.15) is 45.4 Å². The SMILES string of the molecule is CCCCSC(=O)C1CC2CCC1C2. The van der Waals surface area contributed by atoms with Gasteiger partial charge in [-0.1, -0.05) is 31.5 Å². The molecule has 0 aromatic heterocycles. The summed E-state index contributed by atoms with van der Waals surface area (Å²) in [6, 6.07) is 0. The Balaban J connectivity index is 1.75. The highest BCUT2D eigenvalue weighted by molar-refractivity contribution is 8.13. The van der Waals surface area contributed by atoms with Crippen molar-refractivity contribution in [2.24, 2.45) is 17.8 Å². The Bertz CT molecular complexity index is 214. The zero-order valence-electron chi connectivity index (χ0n) is 9.00. The van der Waals surface area contributed by atoms with E-state index in [1.54, 1.807) is 11.8 Å². The average molecular weight is 212 g/mol. The second kappa shape index (κ2) is 4.69. The van der Waals surface area contributed by atoms with Crippen LogP contribution in [-0.4, -0.2) is 10.9 Å². The summed E-state index contributed by atoms with van der Waals surface area (Å²) in [5.41, 5.74) is 0. The predicted molar refractivity (Wildman–Crippen MR) is 61.3 cm³/mol. The molecule has 0 aliphatic heterocycles. The Morgan fingerprint density at radius 3 is 2.79 bits per heavy atom. The quantitative estimate of drug-likeness (QED) is 0.664. The molecule has 2 aliphatic carbocycles. The fourth-order valence-corrected chi connectivity index (χ4v) is 4.09. The van der Waals surface area contributed by atoms with Crippen LogP contribution in [0, 0.1) is 17.8 Å². The van der Waals surface area contributed by atoms with Gasteiger partial charge in [0.2, 0.25) is 0 Å². The van der Waals surface area contributed by atoms with E-state index in [1.165, 1.54) is 38.5 Å². The zero-order chi connectivity index (χ0) is 9.97. The van der Waals surface area contributed by atoms with Crippen LogP contribution in [0.2, 0.25) is 0 Å². The third-order valence-electron chi connectivity index (χ3n) is 3.78. The van der Waals surface area contributed by atoms with Crippen molar-refractivity contribution in [3.05, 3.63) is 0 Å². The lowest BCUT2D eigenvalue weighted by molar-refractivity contribution is -0.115. The maximum absolute atomic E-state index is 11.9. The number of unbranched alkanes of at least 4 members (excludes halogenated alkanes) is 1. The molecule has 2 bridgehead atoms. The Labute approximate surface area is 91.0 Å². The van der Waals surface area contributed by atoms with Gasteiger partial charge in [0.15, 0.2) is 5.12 Å². The predicted octanol–water partition coefficient (Wildman–Crippen LogP) is 3.48. The molecule has 2 saturated carbocycles. The molecule has 0 N–H and O–H groups in total. The molecule has 0 aromatic rings. The Kier molecular flexibility index (Phi) is 3.53. The van der Waals surface area contributed by atoms with Crippen LogP contribution in [-0.2, 0) is 4.79 Å². The van der Waals surface area contributed by atoms with Crippen LogP contribution in [0.15, 0.2) is 0 Å². The zero-order valence-corrected chi connectivity index (χ0v) is 9.81. The Morgan fingerprint density at radius 1 is 1.36 bits per heavy atom. The van der Waals surface area contributed by atoms with Gasteiger partial charge in [-0.25, -0.2) is 0 Å². The molecule has 0 aromatic carbocycles. The van der Waals surface area contributed by atoms with Crippen LogP contribution >= 0.6 is 11.8 Å². The van der Waals surface area contributed by atoms with Crippen LogP contribution in [0.25, 0.3) is 0 Å². The third-order valence-corrected chi connectivity index (χ3v) is 4.86. The fraction of sp³-hybridized carbons (Fsp3) is 0.917. The summed E-state index contributed by atoms with van der Waals surface area (Å²) in [5, 5.41) is 0.505. The number of carbonyl (C=O) groups is 1. The normalized spacial score (nSPS) is 35.1. The first kappa shape index (κ1) is 10.5. The summed E-state index contributed by atoms with van der Waals surface area (Å²) in [7, 11) is 0. The largest absolute Gasteiger partial charge is 0.287 e. The van der Waals surface area contributed by atoms with Gasteiger partial charge in [0.25, 0.3) is 0 Å². The molecule has 80 valence electrons. The molecule has 1 nitrogen and oxygen atoms in total. The van der Waals surface area contributed by atoms with E-state index in [2.05, 4.69) is 6.92 Å². The standard InChI is InChI=1S/C12H20OS/c1-2-3-6-14-12(13)11-8-9-4-5-10(11)7-9/h9-11H,2-8H2,1H3. The highest BCUT2D eigenvalue weighted by atomic mass is 32.2.